The number of rotatable bonds is 4. The fraction of sp³-hybridized carbons (Fsp3) is 0.579. The standard InChI is InChI=1S/C19H26F2N2O4/c1-13-12-23(17(25)27-18(2,3)4)11-10-15(13)22-16(24)19(20,21)26-14-8-6-5-7-9-14/h5-9,13,15H,10-12H2,1-4H3,(H,22,24)/t13-,15-/m0/s1. The van der Waals surface area contributed by atoms with E-state index < -0.39 is 29.8 Å². The number of hydrogen-bond acceptors (Lipinski definition) is 4. The molecule has 150 valence electrons. The van der Waals surface area contributed by atoms with Crippen molar-refractivity contribution in [3.05, 3.63) is 30.3 Å². The average Bonchev–Trinajstić information content (AvgIpc) is 2.55. The fourth-order valence-corrected chi connectivity index (χ4v) is 2.79. The molecule has 27 heavy (non-hydrogen) atoms. The maximum atomic E-state index is 14.1. The predicted molar refractivity (Wildman–Crippen MR) is 95.5 cm³/mol. The molecule has 8 heteroatoms. The van der Waals surface area contributed by atoms with Gasteiger partial charge in [-0.1, -0.05) is 25.1 Å². The Balaban J connectivity index is 1.90. The smallest absolute Gasteiger partial charge is 0.444 e. The fourth-order valence-electron chi connectivity index (χ4n) is 2.79. The summed E-state index contributed by atoms with van der Waals surface area (Å²) in [5.41, 5.74) is -0.609. The lowest BCUT2D eigenvalue weighted by molar-refractivity contribution is -0.194. The highest BCUT2D eigenvalue weighted by Gasteiger charge is 2.44. The highest BCUT2D eigenvalue weighted by Crippen LogP contribution is 2.24. The zero-order valence-corrected chi connectivity index (χ0v) is 16.0. The SMILES string of the molecule is C[C@H]1CN(C(=O)OC(C)(C)C)CC[C@@H]1NC(=O)C(F)(F)Oc1ccccc1. The number of amides is 2. The molecule has 6 nitrogen and oxygen atoms in total. The van der Waals surface area contributed by atoms with Crippen molar-refractivity contribution in [2.24, 2.45) is 5.92 Å². The number of carbonyl (C=O) groups is 2. The summed E-state index contributed by atoms with van der Waals surface area (Å²) in [4.78, 5) is 25.6. The van der Waals surface area contributed by atoms with E-state index in [1.807, 2.05) is 0 Å². The summed E-state index contributed by atoms with van der Waals surface area (Å²) in [6.45, 7) is 7.74. The van der Waals surface area contributed by atoms with E-state index >= 15 is 0 Å². The molecule has 1 aliphatic heterocycles. The molecule has 1 aromatic carbocycles. The maximum absolute atomic E-state index is 14.1. The predicted octanol–water partition coefficient (Wildman–Crippen LogP) is 3.42. The van der Waals surface area contributed by atoms with Gasteiger partial charge in [0.05, 0.1) is 0 Å². The minimum atomic E-state index is -3.98. The number of ether oxygens (including phenoxy) is 2. The van der Waals surface area contributed by atoms with Crippen molar-refractivity contribution in [3.63, 3.8) is 0 Å². The van der Waals surface area contributed by atoms with E-state index in [9.17, 15) is 18.4 Å². The third-order valence-electron chi connectivity index (χ3n) is 4.13. The van der Waals surface area contributed by atoms with Gasteiger partial charge in [0.25, 0.3) is 0 Å². The van der Waals surface area contributed by atoms with Gasteiger partial charge in [-0.05, 0) is 45.2 Å². The number of alkyl halides is 2. The van der Waals surface area contributed by atoms with Crippen LogP contribution in [-0.2, 0) is 9.53 Å². The van der Waals surface area contributed by atoms with Crippen LogP contribution in [0.4, 0.5) is 13.6 Å². The van der Waals surface area contributed by atoms with Gasteiger partial charge in [-0.2, -0.15) is 8.78 Å². The van der Waals surface area contributed by atoms with Crippen LogP contribution < -0.4 is 10.1 Å². The summed E-state index contributed by atoms with van der Waals surface area (Å²) < 4.78 is 38.0. The number of halogens is 2. The van der Waals surface area contributed by atoms with Crippen molar-refractivity contribution in [2.45, 2.75) is 51.9 Å². The summed E-state index contributed by atoms with van der Waals surface area (Å²) in [5.74, 6) is -1.79. The average molecular weight is 384 g/mol. The van der Waals surface area contributed by atoms with Gasteiger partial charge in [-0.15, -0.1) is 0 Å². The van der Waals surface area contributed by atoms with Gasteiger partial charge < -0.3 is 19.7 Å². The van der Waals surface area contributed by atoms with Crippen LogP contribution in [0.3, 0.4) is 0 Å². The first-order valence-electron chi connectivity index (χ1n) is 8.89. The van der Waals surface area contributed by atoms with Gasteiger partial charge >= 0.3 is 18.1 Å². The number of carbonyl (C=O) groups excluding carboxylic acids is 2. The highest BCUT2D eigenvalue weighted by molar-refractivity contribution is 5.82. The van der Waals surface area contributed by atoms with Crippen LogP contribution in [0.1, 0.15) is 34.1 Å². The van der Waals surface area contributed by atoms with E-state index in [0.717, 1.165) is 0 Å². The molecule has 1 aliphatic rings. The third kappa shape index (κ3) is 6.08. The number of likely N-dealkylation sites (tertiary alicyclic amines) is 1. The quantitative estimate of drug-likeness (QED) is 0.864. The van der Waals surface area contributed by atoms with Gasteiger partial charge in [-0.3, -0.25) is 4.79 Å². The molecule has 0 saturated carbocycles. The molecule has 0 aromatic heterocycles. The maximum Gasteiger partial charge on any atom is 0.482 e. The molecule has 0 bridgehead atoms. The van der Waals surface area contributed by atoms with Crippen LogP contribution in [0.15, 0.2) is 30.3 Å². The van der Waals surface area contributed by atoms with Crippen molar-refractivity contribution < 1.29 is 27.8 Å². The van der Waals surface area contributed by atoms with Crippen molar-refractivity contribution in [2.75, 3.05) is 13.1 Å². The molecule has 1 aromatic rings. The number of piperidine rings is 1. The molecular formula is C19H26F2N2O4. The lowest BCUT2D eigenvalue weighted by atomic mass is 9.94. The molecule has 2 amide bonds. The summed E-state index contributed by atoms with van der Waals surface area (Å²) in [5, 5.41) is 2.34. The van der Waals surface area contributed by atoms with E-state index in [4.69, 9.17) is 4.74 Å². The van der Waals surface area contributed by atoms with E-state index in [-0.39, 0.29) is 11.7 Å². The topological polar surface area (TPSA) is 67.9 Å². The van der Waals surface area contributed by atoms with E-state index in [2.05, 4.69) is 10.1 Å². The Kier molecular flexibility index (Phi) is 6.28. The van der Waals surface area contributed by atoms with Gasteiger partial charge in [0.15, 0.2) is 0 Å². The summed E-state index contributed by atoms with van der Waals surface area (Å²) in [7, 11) is 0. The van der Waals surface area contributed by atoms with Crippen LogP contribution in [0.2, 0.25) is 0 Å². The highest BCUT2D eigenvalue weighted by atomic mass is 19.3. The molecular weight excluding hydrogens is 358 g/mol. The molecule has 2 rings (SSSR count). The number of nitrogens with zero attached hydrogens (tertiary/aromatic N) is 1. The molecule has 0 unspecified atom stereocenters. The second-order valence-corrected chi connectivity index (χ2v) is 7.70. The van der Waals surface area contributed by atoms with Crippen LogP contribution in [0.5, 0.6) is 5.75 Å². The third-order valence-corrected chi connectivity index (χ3v) is 4.13. The van der Waals surface area contributed by atoms with Gasteiger partial charge in [-0.25, -0.2) is 4.79 Å². The Morgan fingerprint density at radius 2 is 1.81 bits per heavy atom. The first-order valence-corrected chi connectivity index (χ1v) is 8.89. The number of nitrogens with one attached hydrogen (secondary N) is 1. The van der Waals surface area contributed by atoms with Gasteiger partial charge in [0, 0.05) is 19.1 Å². The zero-order valence-electron chi connectivity index (χ0n) is 16.0. The minimum Gasteiger partial charge on any atom is -0.444 e. The number of benzene rings is 1. The van der Waals surface area contributed by atoms with E-state index in [0.29, 0.717) is 19.5 Å². The summed E-state index contributed by atoms with van der Waals surface area (Å²) in [6.07, 6.45) is -4.08. The molecule has 1 fully saturated rings. The lowest BCUT2D eigenvalue weighted by Gasteiger charge is -2.38. The Morgan fingerprint density at radius 3 is 2.37 bits per heavy atom. The van der Waals surface area contributed by atoms with Crippen molar-refractivity contribution in [1.82, 2.24) is 10.2 Å². The molecule has 0 aliphatic carbocycles. The molecule has 1 N–H and O–H groups in total. The molecule has 0 radical (unpaired) electrons. The second-order valence-electron chi connectivity index (χ2n) is 7.70. The van der Waals surface area contributed by atoms with Crippen LogP contribution >= 0.6 is 0 Å². The van der Waals surface area contributed by atoms with Crippen molar-refractivity contribution in [1.29, 1.82) is 0 Å². The lowest BCUT2D eigenvalue weighted by Crippen LogP contribution is -2.56. The number of para-hydroxylation sites is 1. The first kappa shape index (κ1) is 20.9. The van der Waals surface area contributed by atoms with E-state index in [1.54, 1.807) is 33.8 Å². The zero-order chi connectivity index (χ0) is 20.2. The minimum absolute atomic E-state index is 0.0922. The van der Waals surface area contributed by atoms with Crippen LogP contribution in [0.25, 0.3) is 0 Å². The van der Waals surface area contributed by atoms with Gasteiger partial charge in [0.2, 0.25) is 0 Å². The van der Waals surface area contributed by atoms with E-state index in [1.165, 1.54) is 29.2 Å². The molecule has 1 heterocycles. The second kappa shape index (κ2) is 8.10. The summed E-state index contributed by atoms with van der Waals surface area (Å²) >= 11 is 0. The van der Waals surface area contributed by atoms with Crippen molar-refractivity contribution >= 4 is 12.0 Å². The van der Waals surface area contributed by atoms with Crippen LogP contribution in [-0.4, -0.2) is 47.7 Å². The van der Waals surface area contributed by atoms with Gasteiger partial charge in [0.1, 0.15) is 11.4 Å². The monoisotopic (exact) mass is 384 g/mol. The molecule has 2 atom stereocenters. The Bertz CT molecular complexity index is 661. The Morgan fingerprint density at radius 1 is 1.19 bits per heavy atom. The summed E-state index contributed by atoms with van der Waals surface area (Å²) in [6, 6.07) is 6.95. The molecule has 0 spiro atoms. The Labute approximate surface area is 157 Å². The molecule has 1 saturated heterocycles. The Hall–Kier alpha value is -2.38. The first-order chi connectivity index (χ1) is 12.5. The van der Waals surface area contributed by atoms with Crippen LogP contribution in [0, 0.1) is 5.92 Å². The number of hydrogen-bond donors (Lipinski definition) is 1. The largest absolute Gasteiger partial charge is 0.482 e. The van der Waals surface area contributed by atoms with Crippen molar-refractivity contribution in [3.8, 4) is 5.75 Å². The normalized spacial score (nSPS) is 20.7.